The molecule has 172 valence electrons. The fourth-order valence-electron chi connectivity index (χ4n) is 5.41. The van der Waals surface area contributed by atoms with E-state index in [2.05, 4.69) is 20.4 Å². The molecule has 0 aromatic carbocycles. The number of hydrogen-bond donors (Lipinski definition) is 3. The van der Waals surface area contributed by atoms with Gasteiger partial charge in [-0.25, -0.2) is 9.78 Å². The van der Waals surface area contributed by atoms with Crippen LogP contribution in [0.5, 0.6) is 0 Å². The Bertz CT molecular complexity index is 960. The molecule has 2 bridgehead atoms. The van der Waals surface area contributed by atoms with Crippen molar-refractivity contribution in [3.05, 3.63) is 23.5 Å². The van der Waals surface area contributed by atoms with Gasteiger partial charge in [0.2, 0.25) is 5.95 Å². The van der Waals surface area contributed by atoms with E-state index in [1.54, 1.807) is 4.90 Å². The SMILES string of the molecule is Cc1cc(Nc2cc(C3CCOC3)nc(N(C)[C@@H]3C[C@H]4CCC[C@@H](C3)N4C(=O)O)n2)n[nH]1. The van der Waals surface area contributed by atoms with E-state index in [1.807, 2.05) is 26.1 Å². The zero-order chi connectivity index (χ0) is 22.2. The van der Waals surface area contributed by atoms with Crippen LogP contribution < -0.4 is 10.2 Å². The lowest BCUT2D eigenvalue weighted by Crippen LogP contribution is -2.58. The van der Waals surface area contributed by atoms with Crippen LogP contribution in [0.2, 0.25) is 0 Å². The minimum absolute atomic E-state index is 0.0727. The highest BCUT2D eigenvalue weighted by molar-refractivity contribution is 5.66. The lowest BCUT2D eigenvalue weighted by molar-refractivity contribution is 0.0351. The fourth-order valence-corrected chi connectivity index (χ4v) is 5.41. The predicted octanol–water partition coefficient (Wildman–Crippen LogP) is 3.26. The highest BCUT2D eigenvalue weighted by Crippen LogP contribution is 2.37. The Morgan fingerprint density at radius 2 is 2.00 bits per heavy atom. The lowest BCUT2D eigenvalue weighted by Gasteiger charge is -2.49. The molecule has 32 heavy (non-hydrogen) atoms. The molecule has 4 atom stereocenters. The maximum Gasteiger partial charge on any atom is 0.407 e. The minimum atomic E-state index is -0.791. The smallest absolute Gasteiger partial charge is 0.407 e. The average Bonchev–Trinajstić information content (AvgIpc) is 3.44. The summed E-state index contributed by atoms with van der Waals surface area (Å²) in [6.07, 6.45) is 4.72. The minimum Gasteiger partial charge on any atom is -0.465 e. The zero-order valence-electron chi connectivity index (χ0n) is 18.6. The summed E-state index contributed by atoms with van der Waals surface area (Å²) in [7, 11) is 2.03. The number of anilines is 3. The Morgan fingerprint density at radius 3 is 2.62 bits per heavy atom. The molecule has 3 aliphatic rings. The van der Waals surface area contributed by atoms with E-state index in [1.165, 1.54) is 0 Å². The van der Waals surface area contributed by atoms with Crippen molar-refractivity contribution in [1.29, 1.82) is 0 Å². The Hall–Kier alpha value is -2.88. The number of ether oxygens (including phenoxy) is 1. The summed E-state index contributed by atoms with van der Waals surface area (Å²) < 4.78 is 5.60. The molecule has 3 aliphatic heterocycles. The fraction of sp³-hybridized carbons (Fsp3) is 0.636. The van der Waals surface area contributed by atoms with Crippen molar-refractivity contribution < 1.29 is 14.6 Å². The van der Waals surface area contributed by atoms with Crippen LogP contribution in [0.15, 0.2) is 12.1 Å². The standard InChI is InChI=1S/C22H31N7O3/c1-13-8-20(27-26-13)24-19-11-18(14-6-7-32-12-14)23-21(25-19)28(2)17-9-15-4-3-5-16(10-17)29(15)22(30)31/h8,11,14-17H,3-7,9-10,12H2,1-2H3,(H,30,31)(H2,23,24,25,26,27)/t14?,15-,16+,17-. The Balaban J connectivity index is 1.41. The van der Waals surface area contributed by atoms with E-state index in [-0.39, 0.29) is 24.0 Å². The number of rotatable bonds is 5. The van der Waals surface area contributed by atoms with Crippen LogP contribution in [-0.2, 0) is 4.74 Å². The number of nitrogens with zero attached hydrogens (tertiary/aromatic N) is 5. The monoisotopic (exact) mass is 441 g/mol. The molecule has 3 saturated heterocycles. The molecular weight excluding hydrogens is 410 g/mol. The van der Waals surface area contributed by atoms with Crippen molar-refractivity contribution in [3.8, 4) is 0 Å². The molecule has 3 fully saturated rings. The van der Waals surface area contributed by atoms with E-state index >= 15 is 0 Å². The van der Waals surface area contributed by atoms with E-state index in [4.69, 9.17) is 14.7 Å². The number of amides is 1. The third kappa shape index (κ3) is 4.11. The summed E-state index contributed by atoms with van der Waals surface area (Å²) in [4.78, 5) is 25.4. The summed E-state index contributed by atoms with van der Waals surface area (Å²) in [6.45, 7) is 3.37. The van der Waals surface area contributed by atoms with Crippen molar-refractivity contribution >= 4 is 23.7 Å². The van der Waals surface area contributed by atoms with Crippen molar-refractivity contribution in [3.63, 3.8) is 0 Å². The third-order valence-corrected chi connectivity index (χ3v) is 7.08. The number of H-pyrrole nitrogens is 1. The summed E-state index contributed by atoms with van der Waals surface area (Å²) >= 11 is 0. The van der Waals surface area contributed by atoms with Crippen LogP contribution in [0.25, 0.3) is 0 Å². The number of aromatic amines is 1. The van der Waals surface area contributed by atoms with Crippen molar-refractivity contribution in [2.24, 2.45) is 0 Å². The Morgan fingerprint density at radius 1 is 1.22 bits per heavy atom. The summed E-state index contributed by atoms with van der Waals surface area (Å²) in [5, 5.41) is 20.2. The average molecular weight is 442 g/mol. The first-order valence-electron chi connectivity index (χ1n) is 11.5. The summed E-state index contributed by atoms with van der Waals surface area (Å²) in [5.41, 5.74) is 1.94. The second-order valence-corrected chi connectivity index (χ2v) is 9.26. The maximum absolute atomic E-state index is 11.8. The molecule has 10 nitrogen and oxygen atoms in total. The molecule has 0 radical (unpaired) electrons. The van der Waals surface area contributed by atoms with Crippen LogP contribution in [0.4, 0.5) is 22.4 Å². The van der Waals surface area contributed by atoms with Crippen LogP contribution in [-0.4, -0.2) is 74.7 Å². The van der Waals surface area contributed by atoms with E-state index in [9.17, 15) is 9.90 Å². The number of carboxylic acid groups (broad SMARTS) is 1. The predicted molar refractivity (Wildman–Crippen MR) is 120 cm³/mol. The molecule has 0 aliphatic carbocycles. The second kappa shape index (κ2) is 8.57. The lowest BCUT2D eigenvalue weighted by atomic mass is 9.81. The van der Waals surface area contributed by atoms with Gasteiger partial charge in [-0.1, -0.05) is 0 Å². The molecule has 1 amide bonds. The van der Waals surface area contributed by atoms with Gasteiger partial charge in [-0.2, -0.15) is 10.1 Å². The van der Waals surface area contributed by atoms with Gasteiger partial charge in [0.15, 0.2) is 5.82 Å². The van der Waals surface area contributed by atoms with E-state index in [0.29, 0.717) is 24.2 Å². The van der Waals surface area contributed by atoms with Gasteiger partial charge in [-0.3, -0.25) is 5.10 Å². The number of aromatic nitrogens is 4. The first-order chi connectivity index (χ1) is 15.5. The molecule has 10 heteroatoms. The molecule has 0 spiro atoms. The number of nitrogens with one attached hydrogen (secondary N) is 2. The molecule has 1 unspecified atom stereocenters. The van der Waals surface area contributed by atoms with Crippen LogP contribution in [0, 0.1) is 6.92 Å². The van der Waals surface area contributed by atoms with Gasteiger partial charge in [0, 0.05) is 55.5 Å². The molecule has 2 aromatic heterocycles. The van der Waals surface area contributed by atoms with Crippen molar-refractivity contribution in [1.82, 2.24) is 25.1 Å². The topological polar surface area (TPSA) is 120 Å². The van der Waals surface area contributed by atoms with Crippen molar-refractivity contribution in [2.45, 2.75) is 69.5 Å². The van der Waals surface area contributed by atoms with Crippen molar-refractivity contribution in [2.75, 3.05) is 30.5 Å². The Labute approximate surface area is 187 Å². The number of piperidine rings is 2. The number of fused-ring (bicyclic) bond motifs is 2. The second-order valence-electron chi connectivity index (χ2n) is 9.26. The molecule has 3 N–H and O–H groups in total. The quantitative estimate of drug-likeness (QED) is 0.647. The molecular formula is C22H31N7O3. The summed E-state index contributed by atoms with van der Waals surface area (Å²) in [6, 6.07) is 4.28. The first kappa shape index (κ1) is 21.0. The first-order valence-corrected chi connectivity index (χ1v) is 11.5. The highest BCUT2D eigenvalue weighted by Gasteiger charge is 2.42. The third-order valence-electron chi connectivity index (χ3n) is 7.08. The number of carbonyl (C=O) groups is 1. The van der Waals surface area contributed by atoms with Gasteiger partial charge < -0.3 is 25.0 Å². The summed E-state index contributed by atoms with van der Waals surface area (Å²) in [5.74, 6) is 2.34. The molecule has 5 rings (SSSR count). The largest absolute Gasteiger partial charge is 0.465 e. The maximum atomic E-state index is 11.8. The Kier molecular flexibility index (Phi) is 5.62. The van der Waals surface area contributed by atoms with Gasteiger partial charge in [0.25, 0.3) is 0 Å². The van der Waals surface area contributed by atoms with Gasteiger partial charge >= 0.3 is 6.09 Å². The van der Waals surface area contributed by atoms with Gasteiger partial charge in [-0.05, 0) is 45.4 Å². The zero-order valence-corrected chi connectivity index (χ0v) is 18.6. The molecule has 0 saturated carbocycles. The van der Waals surface area contributed by atoms with Crippen LogP contribution in [0.3, 0.4) is 0 Å². The number of hydrogen-bond acceptors (Lipinski definition) is 7. The number of aryl methyl sites for hydroxylation is 1. The molecule has 2 aromatic rings. The van der Waals surface area contributed by atoms with E-state index in [0.717, 1.165) is 56.5 Å². The van der Waals surface area contributed by atoms with Crippen LogP contribution in [0.1, 0.15) is 55.8 Å². The normalized spacial score (nSPS) is 27.4. The molecule has 5 heterocycles. The van der Waals surface area contributed by atoms with Crippen LogP contribution >= 0.6 is 0 Å². The highest BCUT2D eigenvalue weighted by atomic mass is 16.5. The van der Waals surface area contributed by atoms with Gasteiger partial charge in [0.1, 0.15) is 5.82 Å². The van der Waals surface area contributed by atoms with Gasteiger partial charge in [-0.15, -0.1) is 0 Å². The van der Waals surface area contributed by atoms with Gasteiger partial charge in [0.05, 0.1) is 12.3 Å². The van der Waals surface area contributed by atoms with E-state index < -0.39 is 6.09 Å².